The highest BCUT2D eigenvalue weighted by atomic mass is 32.2. The molecule has 142 valence electrons. The fraction of sp³-hybridized carbons (Fsp3) is 0.263. The second kappa shape index (κ2) is 6.72. The van der Waals surface area contributed by atoms with E-state index >= 15 is 0 Å². The Morgan fingerprint density at radius 3 is 2.52 bits per heavy atom. The molecule has 0 saturated carbocycles. The average molecular weight is 390 g/mol. The molecular formula is C19H19FN2O4S. The van der Waals surface area contributed by atoms with Gasteiger partial charge < -0.3 is 15.2 Å². The van der Waals surface area contributed by atoms with Crippen molar-refractivity contribution >= 4 is 20.9 Å². The van der Waals surface area contributed by atoms with Gasteiger partial charge >= 0.3 is 0 Å². The fourth-order valence-electron chi connectivity index (χ4n) is 3.40. The van der Waals surface area contributed by atoms with Crippen LogP contribution in [0.15, 0.2) is 53.6 Å². The normalized spacial score (nSPS) is 21.6. The maximum absolute atomic E-state index is 13.3. The van der Waals surface area contributed by atoms with Crippen LogP contribution in [0.25, 0.3) is 22.0 Å². The van der Waals surface area contributed by atoms with E-state index in [-0.39, 0.29) is 30.2 Å². The number of aliphatic hydroxyl groups excluding tert-OH is 2. The monoisotopic (exact) mass is 390 g/mol. The Morgan fingerprint density at radius 1 is 1.07 bits per heavy atom. The molecule has 0 unspecified atom stereocenters. The van der Waals surface area contributed by atoms with Crippen LogP contribution in [0.4, 0.5) is 4.39 Å². The third-order valence-electron chi connectivity index (χ3n) is 4.96. The third-order valence-corrected chi connectivity index (χ3v) is 6.84. The smallest absolute Gasteiger partial charge is 0.243 e. The Morgan fingerprint density at radius 2 is 1.81 bits per heavy atom. The number of benzene rings is 2. The number of β-amino-alcohol motifs (C(OH)–C–C–N with tert-alkyl or cyclic N) is 1. The second-order valence-electron chi connectivity index (χ2n) is 6.70. The topological polar surface area (TPSA) is 93.6 Å². The van der Waals surface area contributed by atoms with Crippen molar-refractivity contribution in [2.75, 3.05) is 13.1 Å². The first-order valence-electron chi connectivity index (χ1n) is 8.59. The molecule has 1 saturated heterocycles. The number of nitrogens with one attached hydrogen (secondary N) is 1. The molecule has 1 aliphatic heterocycles. The molecule has 0 spiro atoms. The number of fused-ring (bicyclic) bond motifs is 1. The number of rotatable bonds is 3. The van der Waals surface area contributed by atoms with E-state index in [9.17, 15) is 23.0 Å². The molecule has 6 nitrogen and oxygen atoms in total. The quantitative estimate of drug-likeness (QED) is 0.638. The van der Waals surface area contributed by atoms with Gasteiger partial charge in [0.2, 0.25) is 10.0 Å². The van der Waals surface area contributed by atoms with Gasteiger partial charge in [-0.05, 0) is 42.3 Å². The highest BCUT2D eigenvalue weighted by molar-refractivity contribution is 7.89. The summed E-state index contributed by atoms with van der Waals surface area (Å²) >= 11 is 0. The van der Waals surface area contributed by atoms with Gasteiger partial charge in [0, 0.05) is 35.8 Å². The zero-order valence-electron chi connectivity index (χ0n) is 14.3. The van der Waals surface area contributed by atoms with Gasteiger partial charge in [-0.3, -0.25) is 0 Å². The number of nitrogens with zero attached hydrogens (tertiary/aromatic N) is 1. The van der Waals surface area contributed by atoms with Gasteiger partial charge in [-0.2, -0.15) is 4.31 Å². The SMILES string of the molecule is O=S(=O)(c1ccc(-c2c[nH]c3cc(F)ccc23)cc1)N1CC[C@@H](O)[C@@H](O)C1. The van der Waals surface area contributed by atoms with Crippen LogP contribution in [0.2, 0.25) is 0 Å². The fourth-order valence-corrected chi connectivity index (χ4v) is 4.87. The Hall–Kier alpha value is -2.26. The summed E-state index contributed by atoms with van der Waals surface area (Å²) in [5.74, 6) is -0.328. The van der Waals surface area contributed by atoms with Gasteiger partial charge in [-0.15, -0.1) is 0 Å². The van der Waals surface area contributed by atoms with Gasteiger partial charge in [0.15, 0.2) is 0 Å². The van der Waals surface area contributed by atoms with Crippen LogP contribution >= 0.6 is 0 Å². The predicted octanol–water partition coefficient (Wildman–Crippen LogP) is 2.09. The van der Waals surface area contributed by atoms with E-state index in [1.807, 2.05) is 0 Å². The van der Waals surface area contributed by atoms with E-state index in [4.69, 9.17) is 0 Å². The Balaban J connectivity index is 1.63. The lowest BCUT2D eigenvalue weighted by Crippen LogP contribution is -2.48. The van der Waals surface area contributed by atoms with E-state index in [0.717, 1.165) is 16.5 Å². The molecule has 3 N–H and O–H groups in total. The maximum Gasteiger partial charge on any atom is 0.243 e. The minimum atomic E-state index is -3.75. The van der Waals surface area contributed by atoms with Crippen LogP contribution < -0.4 is 0 Å². The molecule has 2 atom stereocenters. The molecule has 0 bridgehead atoms. The molecular weight excluding hydrogens is 371 g/mol. The lowest BCUT2D eigenvalue weighted by molar-refractivity contribution is -0.0191. The van der Waals surface area contributed by atoms with Crippen molar-refractivity contribution in [1.82, 2.24) is 9.29 Å². The first-order valence-corrected chi connectivity index (χ1v) is 10.0. The number of piperidine rings is 1. The summed E-state index contributed by atoms with van der Waals surface area (Å²) in [6.45, 7) is 0.0373. The highest BCUT2D eigenvalue weighted by Crippen LogP contribution is 2.30. The van der Waals surface area contributed by atoms with Crippen LogP contribution in [0, 0.1) is 5.82 Å². The van der Waals surface area contributed by atoms with Crippen molar-refractivity contribution < 1.29 is 23.0 Å². The largest absolute Gasteiger partial charge is 0.390 e. The van der Waals surface area contributed by atoms with E-state index in [1.54, 1.807) is 24.4 Å². The first-order chi connectivity index (χ1) is 12.9. The summed E-state index contributed by atoms with van der Waals surface area (Å²) in [6, 6.07) is 10.9. The molecule has 1 aliphatic rings. The van der Waals surface area contributed by atoms with Crippen LogP contribution in [0.1, 0.15) is 6.42 Å². The van der Waals surface area contributed by atoms with Crippen LogP contribution in [0.5, 0.6) is 0 Å². The summed E-state index contributed by atoms with van der Waals surface area (Å²) in [7, 11) is -3.75. The number of hydrogen-bond donors (Lipinski definition) is 3. The number of aromatic nitrogens is 1. The molecule has 1 fully saturated rings. The molecule has 4 rings (SSSR count). The lowest BCUT2D eigenvalue weighted by atomic mass is 10.1. The average Bonchev–Trinajstić information content (AvgIpc) is 3.07. The highest BCUT2D eigenvalue weighted by Gasteiger charge is 2.33. The second-order valence-corrected chi connectivity index (χ2v) is 8.64. The van der Waals surface area contributed by atoms with Gasteiger partial charge in [-0.1, -0.05) is 12.1 Å². The van der Waals surface area contributed by atoms with Crippen molar-refractivity contribution in [3.63, 3.8) is 0 Å². The number of hydrogen-bond acceptors (Lipinski definition) is 4. The van der Waals surface area contributed by atoms with E-state index in [1.165, 1.54) is 28.6 Å². The predicted molar refractivity (Wildman–Crippen MR) is 99.1 cm³/mol. The van der Waals surface area contributed by atoms with E-state index < -0.39 is 22.2 Å². The number of aliphatic hydroxyl groups is 2. The van der Waals surface area contributed by atoms with Gasteiger partial charge in [0.05, 0.1) is 17.1 Å². The minimum absolute atomic E-state index is 0.126. The first kappa shape index (κ1) is 18.1. The van der Waals surface area contributed by atoms with Gasteiger partial charge in [0.25, 0.3) is 0 Å². The summed E-state index contributed by atoms with van der Waals surface area (Å²) in [4.78, 5) is 3.14. The van der Waals surface area contributed by atoms with Gasteiger partial charge in [0.1, 0.15) is 5.82 Å². The standard InChI is InChI=1S/C19H19FN2O4S/c20-13-3-6-15-16(10-21-17(15)9-13)12-1-4-14(5-2-12)27(25,26)22-8-7-18(23)19(24)11-22/h1-6,9-10,18-19,21,23-24H,7-8,11H2/t18-,19+/m1/s1. The summed E-state index contributed by atoms with van der Waals surface area (Å²) < 4.78 is 40.1. The summed E-state index contributed by atoms with van der Waals surface area (Å²) in [5.41, 5.74) is 2.33. The number of sulfonamides is 1. The van der Waals surface area contributed by atoms with Crippen molar-refractivity contribution in [1.29, 1.82) is 0 Å². The van der Waals surface area contributed by atoms with Crippen molar-refractivity contribution in [3.8, 4) is 11.1 Å². The molecule has 0 amide bonds. The van der Waals surface area contributed by atoms with Crippen LogP contribution in [-0.4, -0.2) is 53.2 Å². The Labute approximate surface area is 155 Å². The molecule has 0 aliphatic carbocycles. The summed E-state index contributed by atoms with van der Waals surface area (Å²) in [5, 5.41) is 20.2. The number of halogens is 1. The summed E-state index contributed by atoms with van der Waals surface area (Å²) in [6.07, 6.45) is -0.0228. The molecule has 2 aromatic carbocycles. The Bertz CT molecular complexity index is 1080. The van der Waals surface area contributed by atoms with Crippen molar-refractivity contribution in [2.45, 2.75) is 23.5 Å². The van der Waals surface area contributed by atoms with E-state index in [0.29, 0.717) is 5.52 Å². The van der Waals surface area contributed by atoms with E-state index in [2.05, 4.69) is 4.98 Å². The molecule has 27 heavy (non-hydrogen) atoms. The lowest BCUT2D eigenvalue weighted by Gasteiger charge is -2.32. The number of aromatic amines is 1. The van der Waals surface area contributed by atoms with Crippen molar-refractivity contribution in [3.05, 3.63) is 54.5 Å². The third kappa shape index (κ3) is 3.25. The molecule has 2 heterocycles. The zero-order valence-corrected chi connectivity index (χ0v) is 15.2. The van der Waals surface area contributed by atoms with Gasteiger partial charge in [-0.25, -0.2) is 12.8 Å². The Kier molecular flexibility index (Phi) is 4.51. The molecule has 0 radical (unpaired) electrons. The van der Waals surface area contributed by atoms with Crippen molar-refractivity contribution in [2.24, 2.45) is 0 Å². The molecule has 1 aromatic heterocycles. The molecule has 3 aromatic rings. The number of H-pyrrole nitrogens is 1. The van der Waals surface area contributed by atoms with Crippen LogP contribution in [0.3, 0.4) is 0 Å². The zero-order chi connectivity index (χ0) is 19.2. The molecule has 8 heteroatoms. The van der Waals surface area contributed by atoms with Crippen LogP contribution in [-0.2, 0) is 10.0 Å². The minimum Gasteiger partial charge on any atom is -0.390 e. The maximum atomic E-state index is 13.3.